The SMILES string of the molecule is CC(C)(C)OC(=O)N1CCC(Oc2ccc(C(=O)O)cn2)CC1. The van der Waals surface area contributed by atoms with Gasteiger partial charge >= 0.3 is 12.1 Å². The first-order valence-corrected chi connectivity index (χ1v) is 7.58. The Kier molecular flexibility index (Phi) is 5.08. The molecule has 0 aromatic carbocycles. The fourth-order valence-electron chi connectivity index (χ4n) is 2.23. The predicted molar refractivity (Wildman–Crippen MR) is 82.7 cm³/mol. The van der Waals surface area contributed by atoms with Gasteiger partial charge in [-0.1, -0.05) is 0 Å². The Morgan fingerprint density at radius 1 is 1.26 bits per heavy atom. The molecule has 1 aliphatic heterocycles. The van der Waals surface area contributed by atoms with Crippen molar-refractivity contribution in [2.24, 2.45) is 0 Å². The molecule has 126 valence electrons. The highest BCUT2D eigenvalue weighted by molar-refractivity contribution is 5.87. The normalized spacial score (nSPS) is 16.0. The quantitative estimate of drug-likeness (QED) is 0.920. The number of carboxylic acid groups (broad SMARTS) is 1. The van der Waals surface area contributed by atoms with Gasteiger partial charge in [-0.3, -0.25) is 0 Å². The molecule has 0 saturated carbocycles. The summed E-state index contributed by atoms with van der Waals surface area (Å²) < 4.78 is 11.1. The Bertz CT molecular complexity index is 557. The van der Waals surface area contributed by atoms with E-state index in [0.29, 0.717) is 31.8 Å². The Balaban J connectivity index is 1.82. The molecule has 1 fully saturated rings. The summed E-state index contributed by atoms with van der Waals surface area (Å²) in [6.07, 6.45) is 2.29. The summed E-state index contributed by atoms with van der Waals surface area (Å²) in [7, 11) is 0. The second kappa shape index (κ2) is 6.85. The average molecular weight is 322 g/mol. The molecule has 1 aromatic heterocycles. The lowest BCUT2D eigenvalue weighted by atomic mass is 10.1. The van der Waals surface area contributed by atoms with Gasteiger partial charge in [0, 0.05) is 38.2 Å². The number of hydrogen-bond donors (Lipinski definition) is 1. The van der Waals surface area contributed by atoms with E-state index in [1.165, 1.54) is 12.3 Å². The zero-order valence-corrected chi connectivity index (χ0v) is 13.6. The number of carbonyl (C=O) groups is 2. The van der Waals surface area contributed by atoms with E-state index < -0.39 is 11.6 Å². The maximum Gasteiger partial charge on any atom is 0.410 e. The van der Waals surface area contributed by atoms with Crippen molar-refractivity contribution < 1.29 is 24.2 Å². The number of nitrogens with zero attached hydrogens (tertiary/aromatic N) is 2. The van der Waals surface area contributed by atoms with Crippen molar-refractivity contribution in [1.82, 2.24) is 9.88 Å². The molecule has 23 heavy (non-hydrogen) atoms. The van der Waals surface area contributed by atoms with Crippen molar-refractivity contribution in [3.8, 4) is 5.88 Å². The number of aromatic carboxylic acids is 1. The molecule has 0 unspecified atom stereocenters. The minimum atomic E-state index is -1.02. The number of likely N-dealkylation sites (tertiary alicyclic amines) is 1. The van der Waals surface area contributed by atoms with Gasteiger partial charge in [0.25, 0.3) is 0 Å². The number of carboxylic acids is 1. The van der Waals surface area contributed by atoms with Gasteiger partial charge in [-0.25, -0.2) is 14.6 Å². The molecule has 1 aliphatic rings. The molecule has 7 nitrogen and oxygen atoms in total. The molecule has 1 amide bonds. The first kappa shape index (κ1) is 17.1. The molecule has 2 rings (SSSR count). The van der Waals surface area contributed by atoms with Crippen molar-refractivity contribution in [1.29, 1.82) is 0 Å². The number of pyridine rings is 1. The van der Waals surface area contributed by atoms with Crippen LogP contribution in [0.15, 0.2) is 18.3 Å². The van der Waals surface area contributed by atoms with Gasteiger partial charge in [-0.05, 0) is 26.8 Å². The molecule has 1 N–H and O–H groups in total. The van der Waals surface area contributed by atoms with Crippen LogP contribution in [0.1, 0.15) is 44.0 Å². The molecule has 0 radical (unpaired) electrons. The number of piperidine rings is 1. The molecule has 0 atom stereocenters. The van der Waals surface area contributed by atoms with E-state index in [0.717, 1.165) is 0 Å². The van der Waals surface area contributed by atoms with Crippen LogP contribution in [0.3, 0.4) is 0 Å². The maximum atomic E-state index is 12.0. The monoisotopic (exact) mass is 322 g/mol. The van der Waals surface area contributed by atoms with Crippen LogP contribution in [0, 0.1) is 0 Å². The van der Waals surface area contributed by atoms with Crippen LogP contribution in [0.5, 0.6) is 5.88 Å². The maximum absolute atomic E-state index is 12.0. The average Bonchev–Trinajstić information content (AvgIpc) is 2.46. The van der Waals surface area contributed by atoms with Gasteiger partial charge in [0.05, 0.1) is 5.56 Å². The third-order valence-electron chi connectivity index (χ3n) is 3.36. The predicted octanol–water partition coefficient (Wildman–Crippen LogP) is 2.56. The topological polar surface area (TPSA) is 89.0 Å². The summed E-state index contributed by atoms with van der Waals surface area (Å²) in [5, 5.41) is 8.83. The molecule has 1 aromatic rings. The third-order valence-corrected chi connectivity index (χ3v) is 3.36. The smallest absolute Gasteiger partial charge is 0.410 e. The molecule has 0 spiro atoms. The number of amides is 1. The minimum Gasteiger partial charge on any atom is -0.478 e. The molecular weight excluding hydrogens is 300 g/mol. The zero-order valence-electron chi connectivity index (χ0n) is 13.6. The van der Waals surface area contributed by atoms with Crippen molar-refractivity contribution in [2.75, 3.05) is 13.1 Å². The summed E-state index contributed by atoms with van der Waals surface area (Å²) in [5.74, 6) is -0.625. The van der Waals surface area contributed by atoms with Gasteiger partial charge in [0.2, 0.25) is 5.88 Å². The largest absolute Gasteiger partial charge is 0.478 e. The van der Waals surface area contributed by atoms with Crippen LogP contribution in [-0.4, -0.2) is 51.8 Å². The Hall–Kier alpha value is -2.31. The Morgan fingerprint density at radius 3 is 2.39 bits per heavy atom. The molecule has 0 aliphatic carbocycles. The van der Waals surface area contributed by atoms with Crippen LogP contribution in [0.2, 0.25) is 0 Å². The fourth-order valence-corrected chi connectivity index (χ4v) is 2.23. The third kappa shape index (κ3) is 5.12. The summed E-state index contributed by atoms with van der Waals surface area (Å²) >= 11 is 0. The van der Waals surface area contributed by atoms with Gasteiger partial charge in [-0.15, -0.1) is 0 Å². The minimum absolute atomic E-state index is 0.0446. The highest BCUT2D eigenvalue weighted by Crippen LogP contribution is 2.19. The summed E-state index contributed by atoms with van der Waals surface area (Å²) in [6.45, 7) is 6.65. The number of ether oxygens (including phenoxy) is 2. The van der Waals surface area contributed by atoms with E-state index in [9.17, 15) is 9.59 Å². The van der Waals surface area contributed by atoms with Gasteiger partial charge < -0.3 is 19.5 Å². The lowest BCUT2D eigenvalue weighted by molar-refractivity contribution is 0.0123. The van der Waals surface area contributed by atoms with Crippen LogP contribution in [0.25, 0.3) is 0 Å². The molecule has 7 heteroatoms. The molecule has 0 bridgehead atoms. The fraction of sp³-hybridized carbons (Fsp3) is 0.562. The van der Waals surface area contributed by atoms with Gasteiger partial charge in [0.1, 0.15) is 11.7 Å². The highest BCUT2D eigenvalue weighted by Gasteiger charge is 2.27. The van der Waals surface area contributed by atoms with Crippen LogP contribution >= 0.6 is 0 Å². The van der Waals surface area contributed by atoms with E-state index in [1.807, 2.05) is 20.8 Å². The number of carbonyl (C=O) groups excluding carboxylic acids is 1. The van der Waals surface area contributed by atoms with Crippen LogP contribution in [-0.2, 0) is 4.74 Å². The molecule has 2 heterocycles. The summed E-state index contributed by atoms with van der Waals surface area (Å²) in [4.78, 5) is 28.4. The number of hydrogen-bond acceptors (Lipinski definition) is 5. The highest BCUT2D eigenvalue weighted by atomic mass is 16.6. The zero-order chi connectivity index (χ0) is 17.0. The first-order valence-electron chi connectivity index (χ1n) is 7.58. The van der Waals surface area contributed by atoms with Crippen molar-refractivity contribution in [2.45, 2.75) is 45.3 Å². The lowest BCUT2D eigenvalue weighted by Crippen LogP contribution is -2.44. The van der Waals surface area contributed by atoms with E-state index in [-0.39, 0.29) is 17.8 Å². The summed E-state index contributed by atoms with van der Waals surface area (Å²) in [5.41, 5.74) is -0.377. The van der Waals surface area contributed by atoms with E-state index >= 15 is 0 Å². The van der Waals surface area contributed by atoms with Crippen LogP contribution < -0.4 is 4.74 Å². The van der Waals surface area contributed by atoms with Crippen LogP contribution in [0.4, 0.5) is 4.79 Å². The van der Waals surface area contributed by atoms with Gasteiger partial charge in [-0.2, -0.15) is 0 Å². The molecule has 1 saturated heterocycles. The summed E-state index contributed by atoms with van der Waals surface area (Å²) in [6, 6.07) is 3.00. The van der Waals surface area contributed by atoms with Crippen molar-refractivity contribution in [3.05, 3.63) is 23.9 Å². The Morgan fingerprint density at radius 2 is 1.91 bits per heavy atom. The second-order valence-electron chi connectivity index (χ2n) is 6.47. The first-order chi connectivity index (χ1) is 10.7. The number of rotatable bonds is 3. The number of aromatic nitrogens is 1. The van der Waals surface area contributed by atoms with E-state index in [1.54, 1.807) is 11.0 Å². The Labute approximate surface area is 135 Å². The standard InChI is InChI=1S/C16H22N2O5/c1-16(2,3)23-15(21)18-8-6-12(7-9-18)22-13-5-4-11(10-17-13)14(19)20/h4-5,10,12H,6-9H2,1-3H3,(H,19,20). The van der Waals surface area contributed by atoms with Gasteiger partial charge in [0.15, 0.2) is 0 Å². The van der Waals surface area contributed by atoms with E-state index in [4.69, 9.17) is 14.6 Å². The van der Waals surface area contributed by atoms with E-state index in [2.05, 4.69) is 4.98 Å². The van der Waals surface area contributed by atoms with Crippen molar-refractivity contribution in [3.63, 3.8) is 0 Å². The molecular formula is C16H22N2O5. The van der Waals surface area contributed by atoms with Crippen molar-refractivity contribution >= 4 is 12.1 Å². The lowest BCUT2D eigenvalue weighted by Gasteiger charge is -2.33. The second-order valence-corrected chi connectivity index (χ2v) is 6.47.